The second kappa shape index (κ2) is 8.91. The Labute approximate surface area is 159 Å². The van der Waals surface area contributed by atoms with Gasteiger partial charge in [-0.05, 0) is 50.3 Å². The van der Waals surface area contributed by atoms with Crippen LogP contribution in [0, 0.1) is 5.92 Å². The molecule has 0 unspecified atom stereocenters. The maximum Gasteiger partial charge on any atom is 0.331 e. The lowest BCUT2D eigenvalue weighted by Crippen LogP contribution is -2.58. The van der Waals surface area contributed by atoms with Crippen LogP contribution in [0.15, 0.2) is 18.2 Å². The summed E-state index contributed by atoms with van der Waals surface area (Å²) in [5.41, 5.74) is -0.459. The number of hydrogen-bond donors (Lipinski definition) is 1. The fraction of sp³-hybridized carbons (Fsp3) is 0.579. The lowest BCUT2D eigenvalue weighted by Gasteiger charge is -2.38. The number of rotatable bonds is 6. The quantitative estimate of drug-likeness (QED) is 0.730. The van der Waals surface area contributed by atoms with Crippen molar-refractivity contribution in [3.8, 4) is 0 Å². The Morgan fingerprint density at radius 2 is 1.80 bits per heavy atom. The molecule has 1 N–H and O–H groups in total. The highest BCUT2D eigenvalue weighted by Gasteiger charge is 2.44. The molecule has 0 bridgehead atoms. The van der Waals surface area contributed by atoms with Crippen LogP contribution in [-0.4, -0.2) is 24.0 Å². The average Bonchev–Trinajstić information content (AvgIpc) is 2.59. The molecule has 1 aromatic rings. The van der Waals surface area contributed by atoms with Gasteiger partial charge in [-0.15, -0.1) is 0 Å². The molecule has 1 fully saturated rings. The Morgan fingerprint density at radius 3 is 2.36 bits per heavy atom. The highest BCUT2D eigenvalue weighted by Crippen LogP contribution is 2.34. The van der Waals surface area contributed by atoms with Gasteiger partial charge in [0.05, 0.1) is 13.0 Å². The Kier molecular flexibility index (Phi) is 7.14. The summed E-state index contributed by atoms with van der Waals surface area (Å²) in [5, 5.41) is 3.81. The molecule has 0 aromatic heterocycles. The van der Waals surface area contributed by atoms with Crippen LogP contribution in [0.1, 0.15) is 51.5 Å². The molecule has 1 saturated carbocycles. The maximum absolute atomic E-state index is 12.6. The van der Waals surface area contributed by atoms with Gasteiger partial charge in [-0.1, -0.05) is 48.5 Å². The minimum atomic E-state index is -1.03. The molecule has 0 radical (unpaired) electrons. The molecule has 4 nitrogen and oxygen atoms in total. The molecule has 1 amide bonds. The molecule has 1 aliphatic carbocycles. The van der Waals surface area contributed by atoms with E-state index in [4.69, 9.17) is 27.9 Å². The fourth-order valence-corrected chi connectivity index (χ4v) is 4.01. The zero-order valence-electron chi connectivity index (χ0n) is 14.7. The molecule has 0 aliphatic heterocycles. The van der Waals surface area contributed by atoms with E-state index in [-0.39, 0.29) is 30.8 Å². The van der Waals surface area contributed by atoms with Crippen molar-refractivity contribution in [2.24, 2.45) is 5.92 Å². The highest BCUT2D eigenvalue weighted by atomic mass is 35.5. The topological polar surface area (TPSA) is 55.4 Å². The van der Waals surface area contributed by atoms with Crippen LogP contribution in [-0.2, 0) is 20.7 Å². The zero-order valence-corrected chi connectivity index (χ0v) is 16.3. The third-order valence-corrected chi connectivity index (χ3v) is 5.63. The Hall–Kier alpha value is -1.26. The molecule has 2 rings (SSSR count). The highest BCUT2D eigenvalue weighted by molar-refractivity contribution is 6.36. The van der Waals surface area contributed by atoms with Crippen molar-refractivity contribution in [2.75, 3.05) is 6.61 Å². The van der Waals surface area contributed by atoms with Gasteiger partial charge in [0, 0.05) is 10.0 Å². The maximum atomic E-state index is 12.6. The molecule has 25 heavy (non-hydrogen) atoms. The molecule has 1 atom stereocenters. The van der Waals surface area contributed by atoms with E-state index in [1.165, 1.54) is 6.42 Å². The van der Waals surface area contributed by atoms with E-state index in [1.54, 1.807) is 32.0 Å². The van der Waals surface area contributed by atoms with Crippen molar-refractivity contribution in [1.29, 1.82) is 0 Å². The second-order valence-corrected chi connectivity index (χ2v) is 7.50. The van der Waals surface area contributed by atoms with Crippen LogP contribution in [0.5, 0.6) is 0 Å². The standard InChI is InChI=1S/C19H25Cl2NO3/c1-3-25-18(24)19(2,13-8-5-4-6-9-13)22-17(23)12-14-15(20)10-7-11-16(14)21/h7,10-11,13H,3-6,8-9,12H2,1-2H3,(H,22,23)/t19-/m1/s1. The van der Waals surface area contributed by atoms with Crippen molar-refractivity contribution in [3.63, 3.8) is 0 Å². The predicted molar refractivity (Wildman–Crippen MR) is 99.9 cm³/mol. The number of carbonyl (C=O) groups excluding carboxylic acids is 2. The van der Waals surface area contributed by atoms with Gasteiger partial charge in [0.15, 0.2) is 0 Å². The summed E-state index contributed by atoms with van der Waals surface area (Å²) in [6.07, 6.45) is 5.13. The third-order valence-electron chi connectivity index (χ3n) is 4.92. The number of esters is 1. The Morgan fingerprint density at radius 1 is 1.20 bits per heavy atom. The first kappa shape index (κ1) is 20.1. The Balaban J connectivity index is 2.17. The van der Waals surface area contributed by atoms with Crippen molar-refractivity contribution < 1.29 is 14.3 Å². The predicted octanol–water partition coefficient (Wildman–Crippen LogP) is 4.55. The molecule has 0 heterocycles. The molecule has 6 heteroatoms. The van der Waals surface area contributed by atoms with Gasteiger partial charge in [-0.3, -0.25) is 4.79 Å². The molecule has 0 saturated heterocycles. The molecule has 138 valence electrons. The van der Waals surface area contributed by atoms with Crippen LogP contribution in [0.25, 0.3) is 0 Å². The molecular weight excluding hydrogens is 361 g/mol. The van der Waals surface area contributed by atoms with Crippen LogP contribution in [0.3, 0.4) is 0 Å². The normalized spacial score (nSPS) is 17.6. The summed E-state index contributed by atoms with van der Waals surface area (Å²) >= 11 is 12.3. The number of benzene rings is 1. The minimum absolute atomic E-state index is 0.0280. The van der Waals surface area contributed by atoms with Crippen molar-refractivity contribution in [3.05, 3.63) is 33.8 Å². The monoisotopic (exact) mass is 385 g/mol. The van der Waals surface area contributed by atoms with E-state index >= 15 is 0 Å². The lowest BCUT2D eigenvalue weighted by atomic mass is 9.75. The van der Waals surface area contributed by atoms with Crippen LogP contribution < -0.4 is 5.32 Å². The summed E-state index contributed by atoms with van der Waals surface area (Å²) in [4.78, 5) is 25.2. The summed E-state index contributed by atoms with van der Waals surface area (Å²) < 4.78 is 5.25. The third kappa shape index (κ3) is 4.89. The average molecular weight is 386 g/mol. The van der Waals surface area contributed by atoms with E-state index < -0.39 is 5.54 Å². The smallest absolute Gasteiger partial charge is 0.331 e. The molecule has 1 aliphatic rings. The fourth-order valence-electron chi connectivity index (χ4n) is 3.48. The first-order valence-corrected chi connectivity index (χ1v) is 9.55. The van der Waals surface area contributed by atoms with Gasteiger partial charge in [0.25, 0.3) is 0 Å². The van der Waals surface area contributed by atoms with Gasteiger partial charge in [-0.2, -0.15) is 0 Å². The number of carbonyl (C=O) groups is 2. The van der Waals surface area contributed by atoms with Gasteiger partial charge in [0.1, 0.15) is 5.54 Å². The lowest BCUT2D eigenvalue weighted by molar-refractivity contribution is -0.156. The number of halogens is 2. The van der Waals surface area contributed by atoms with Crippen LogP contribution in [0.2, 0.25) is 10.0 Å². The number of ether oxygens (including phenoxy) is 1. The van der Waals surface area contributed by atoms with E-state index in [1.807, 2.05) is 0 Å². The zero-order chi connectivity index (χ0) is 18.4. The van der Waals surface area contributed by atoms with E-state index in [0.717, 1.165) is 25.7 Å². The molecule has 1 aromatic carbocycles. The number of nitrogens with one attached hydrogen (secondary N) is 1. The van der Waals surface area contributed by atoms with Gasteiger partial charge in [-0.25, -0.2) is 4.79 Å². The summed E-state index contributed by atoms with van der Waals surface area (Å²) in [6, 6.07) is 5.13. The first-order chi connectivity index (χ1) is 11.9. The van der Waals surface area contributed by atoms with Crippen LogP contribution >= 0.6 is 23.2 Å². The van der Waals surface area contributed by atoms with Gasteiger partial charge < -0.3 is 10.1 Å². The largest absolute Gasteiger partial charge is 0.464 e. The van der Waals surface area contributed by atoms with Crippen LogP contribution in [0.4, 0.5) is 0 Å². The summed E-state index contributed by atoms with van der Waals surface area (Å²) in [7, 11) is 0. The van der Waals surface area contributed by atoms with Gasteiger partial charge >= 0.3 is 5.97 Å². The summed E-state index contributed by atoms with van der Waals surface area (Å²) in [5.74, 6) is -0.581. The number of amides is 1. The SMILES string of the molecule is CCOC(=O)[C@](C)(NC(=O)Cc1c(Cl)cccc1Cl)C1CCCCC1. The van der Waals surface area contributed by atoms with Crippen molar-refractivity contribution in [2.45, 2.75) is 57.9 Å². The second-order valence-electron chi connectivity index (χ2n) is 6.68. The minimum Gasteiger partial charge on any atom is -0.464 e. The Bertz CT molecular complexity index is 609. The number of hydrogen-bond acceptors (Lipinski definition) is 3. The van der Waals surface area contributed by atoms with E-state index in [0.29, 0.717) is 15.6 Å². The molecular formula is C19H25Cl2NO3. The van der Waals surface area contributed by atoms with Gasteiger partial charge in [0.2, 0.25) is 5.91 Å². The van der Waals surface area contributed by atoms with E-state index in [9.17, 15) is 9.59 Å². The summed E-state index contributed by atoms with van der Waals surface area (Å²) in [6.45, 7) is 3.82. The van der Waals surface area contributed by atoms with E-state index in [2.05, 4.69) is 5.32 Å². The van der Waals surface area contributed by atoms with Crippen molar-refractivity contribution in [1.82, 2.24) is 5.32 Å². The molecule has 0 spiro atoms. The first-order valence-electron chi connectivity index (χ1n) is 8.79. The van der Waals surface area contributed by atoms with Crippen molar-refractivity contribution >= 4 is 35.1 Å².